The van der Waals surface area contributed by atoms with E-state index in [9.17, 15) is 8.42 Å². The third kappa shape index (κ3) is 3.57. The predicted octanol–water partition coefficient (Wildman–Crippen LogP) is 1.16. The monoisotopic (exact) mass is 248 g/mol. The summed E-state index contributed by atoms with van der Waals surface area (Å²) in [6, 6.07) is 3.49. The molecular formula is C9H16N2O2S2. The number of hydrogen-bond donors (Lipinski definition) is 2. The van der Waals surface area contributed by atoms with Gasteiger partial charge in [0.05, 0.1) is 0 Å². The van der Waals surface area contributed by atoms with Gasteiger partial charge in [0.2, 0.25) is 10.0 Å². The molecule has 0 saturated heterocycles. The summed E-state index contributed by atoms with van der Waals surface area (Å²) >= 11 is 1.31. The van der Waals surface area contributed by atoms with Crippen LogP contribution in [0.2, 0.25) is 0 Å². The van der Waals surface area contributed by atoms with Gasteiger partial charge in [-0.2, -0.15) is 0 Å². The fraction of sp³-hybridized carbons (Fsp3) is 0.556. The molecule has 15 heavy (non-hydrogen) atoms. The molecule has 0 aromatic carbocycles. The van der Waals surface area contributed by atoms with E-state index >= 15 is 0 Å². The van der Waals surface area contributed by atoms with Crippen LogP contribution in [-0.2, 0) is 16.6 Å². The Balaban J connectivity index is 2.75. The molecule has 0 fully saturated rings. The van der Waals surface area contributed by atoms with E-state index in [1.54, 1.807) is 13.0 Å². The van der Waals surface area contributed by atoms with Crippen LogP contribution in [0.25, 0.3) is 0 Å². The van der Waals surface area contributed by atoms with Crippen LogP contribution in [-0.4, -0.2) is 21.5 Å². The van der Waals surface area contributed by atoms with Gasteiger partial charge in [-0.25, -0.2) is 13.1 Å². The molecule has 0 atom stereocenters. The van der Waals surface area contributed by atoms with Crippen molar-refractivity contribution in [3.05, 3.63) is 17.0 Å². The number of thiophene rings is 1. The van der Waals surface area contributed by atoms with Crippen molar-refractivity contribution in [2.75, 3.05) is 13.1 Å². The van der Waals surface area contributed by atoms with E-state index in [1.165, 1.54) is 11.3 Å². The minimum atomic E-state index is -3.27. The first-order valence-electron chi connectivity index (χ1n) is 4.89. The maximum Gasteiger partial charge on any atom is 0.250 e. The molecule has 0 aliphatic rings. The first kappa shape index (κ1) is 12.6. The zero-order valence-corrected chi connectivity index (χ0v) is 10.5. The lowest BCUT2D eigenvalue weighted by atomic mass is 10.4. The minimum Gasteiger partial charge on any atom is -0.312 e. The van der Waals surface area contributed by atoms with E-state index in [2.05, 4.69) is 10.0 Å². The summed E-state index contributed by atoms with van der Waals surface area (Å²) in [5.74, 6) is 0. The Morgan fingerprint density at radius 1 is 1.27 bits per heavy atom. The second-order valence-electron chi connectivity index (χ2n) is 3.00. The van der Waals surface area contributed by atoms with Gasteiger partial charge < -0.3 is 5.32 Å². The molecule has 1 aromatic rings. The van der Waals surface area contributed by atoms with E-state index in [4.69, 9.17) is 0 Å². The summed E-state index contributed by atoms with van der Waals surface area (Å²) in [6.07, 6.45) is 0. The smallest absolute Gasteiger partial charge is 0.250 e. The van der Waals surface area contributed by atoms with Crippen LogP contribution in [0, 0.1) is 0 Å². The summed E-state index contributed by atoms with van der Waals surface area (Å²) in [5, 5.41) is 3.16. The lowest BCUT2D eigenvalue weighted by molar-refractivity contribution is 0.586. The summed E-state index contributed by atoms with van der Waals surface area (Å²) in [6.45, 7) is 5.81. The lowest BCUT2D eigenvalue weighted by Gasteiger charge is -2.00. The van der Waals surface area contributed by atoms with E-state index in [0.29, 0.717) is 10.8 Å². The highest BCUT2D eigenvalue weighted by molar-refractivity contribution is 7.91. The SMILES string of the molecule is CCNCc1ccc(S(=O)(=O)NCC)s1. The van der Waals surface area contributed by atoms with Crippen LogP contribution in [0.4, 0.5) is 0 Å². The lowest BCUT2D eigenvalue weighted by Crippen LogP contribution is -2.22. The molecule has 6 heteroatoms. The average molecular weight is 248 g/mol. The minimum absolute atomic E-state index is 0.386. The van der Waals surface area contributed by atoms with Crippen molar-refractivity contribution in [1.29, 1.82) is 0 Å². The van der Waals surface area contributed by atoms with Crippen LogP contribution in [0.3, 0.4) is 0 Å². The number of rotatable bonds is 6. The fourth-order valence-electron chi connectivity index (χ4n) is 1.11. The van der Waals surface area contributed by atoms with Crippen molar-refractivity contribution >= 4 is 21.4 Å². The van der Waals surface area contributed by atoms with Crippen LogP contribution >= 0.6 is 11.3 Å². The van der Waals surface area contributed by atoms with Gasteiger partial charge in [0.15, 0.2) is 0 Å². The molecule has 0 bridgehead atoms. The van der Waals surface area contributed by atoms with Crippen molar-refractivity contribution < 1.29 is 8.42 Å². The molecule has 0 unspecified atom stereocenters. The summed E-state index contributed by atoms with van der Waals surface area (Å²) in [4.78, 5) is 1.04. The molecule has 1 rings (SSSR count). The predicted molar refractivity (Wildman–Crippen MR) is 62.6 cm³/mol. The molecule has 86 valence electrons. The van der Waals surface area contributed by atoms with Crippen molar-refractivity contribution in [1.82, 2.24) is 10.0 Å². The summed E-state index contributed by atoms with van der Waals surface area (Å²) in [7, 11) is -3.27. The van der Waals surface area contributed by atoms with Gasteiger partial charge in [0, 0.05) is 18.0 Å². The van der Waals surface area contributed by atoms with Crippen LogP contribution < -0.4 is 10.0 Å². The van der Waals surface area contributed by atoms with Crippen LogP contribution in [0.5, 0.6) is 0 Å². The highest BCUT2D eigenvalue weighted by atomic mass is 32.2. The number of hydrogen-bond acceptors (Lipinski definition) is 4. The Bertz CT molecular complexity index is 398. The first-order valence-corrected chi connectivity index (χ1v) is 7.19. The van der Waals surface area contributed by atoms with Crippen molar-refractivity contribution in [3.8, 4) is 0 Å². The largest absolute Gasteiger partial charge is 0.312 e. The van der Waals surface area contributed by atoms with E-state index < -0.39 is 10.0 Å². The highest BCUT2D eigenvalue weighted by Gasteiger charge is 2.14. The van der Waals surface area contributed by atoms with E-state index in [1.807, 2.05) is 13.0 Å². The third-order valence-corrected chi connectivity index (χ3v) is 4.91. The molecule has 0 saturated carbocycles. The van der Waals surface area contributed by atoms with Gasteiger partial charge in [0.25, 0.3) is 0 Å². The highest BCUT2D eigenvalue weighted by Crippen LogP contribution is 2.20. The Hall–Kier alpha value is -0.430. The molecular weight excluding hydrogens is 232 g/mol. The van der Waals surface area contributed by atoms with E-state index in [0.717, 1.165) is 18.0 Å². The maximum atomic E-state index is 11.6. The van der Waals surface area contributed by atoms with Gasteiger partial charge in [-0.3, -0.25) is 0 Å². The average Bonchev–Trinajstić information content (AvgIpc) is 2.63. The van der Waals surface area contributed by atoms with Crippen LogP contribution in [0.15, 0.2) is 16.3 Å². The molecule has 4 nitrogen and oxygen atoms in total. The molecule has 1 heterocycles. The Labute approximate surface area is 94.8 Å². The maximum absolute atomic E-state index is 11.6. The molecule has 0 aliphatic heterocycles. The van der Waals surface area contributed by atoms with Gasteiger partial charge in [0.1, 0.15) is 4.21 Å². The van der Waals surface area contributed by atoms with Crippen molar-refractivity contribution in [3.63, 3.8) is 0 Å². The zero-order chi connectivity index (χ0) is 11.3. The van der Waals surface area contributed by atoms with Gasteiger partial charge >= 0.3 is 0 Å². The van der Waals surface area contributed by atoms with Crippen molar-refractivity contribution in [2.45, 2.75) is 24.6 Å². The zero-order valence-electron chi connectivity index (χ0n) is 8.91. The standard InChI is InChI=1S/C9H16N2O2S2/c1-3-10-7-8-5-6-9(14-8)15(12,13)11-4-2/h5-6,10-11H,3-4,7H2,1-2H3. The second kappa shape index (κ2) is 5.60. The topological polar surface area (TPSA) is 58.2 Å². The van der Waals surface area contributed by atoms with Gasteiger partial charge in [-0.05, 0) is 18.7 Å². The molecule has 0 aliphatic carbocycles. The molecule has 0 radical (unpaired) electrons. The van der Waals surface area contributed by atoms with Gasteiger partial charge in [-0.1, -0.05) is 13.8 Å². The molecule has 0 amide bonds. The third-order valence-electron chi connectivity index (χ3n) is 1.79. The summed E-state index contributed by atoms with van der Waals surface area (Å²) < 4.78 is 26.1. The number of sulfonamides is 1. The second-order valence-corrected chi connectivity index (χ2v) is 6.16. The van der Waals surface area contributed by atoms with Gasteiger partial charge in [-0.15, -0.1) is 11.3 Å². The molecule has 1 aromatic heterocycles. The Morgan fingerprint density at radius 3 is 2.60 bits per heavy atom. The Kier molecular flexibility index (Phi) is 4.72. The normalized spacial score (nSPS) is 11.9. The van der Waals surface area contributed by atoms with E-state index in [-0.39, 0.29) is 0 Å². The quantitative estimate of drug-likeness (QED) is 0.794. The van der Waals surface area contributed by atoms with Crippen LogP contribution in [0.1, 0.15) is 18.7 Å². The first-order chi connectivity index (χ1) is 7.10. The summed E-state index contributed by atoms with van der Waals surface area (Å²) in [5.41, 5.74) is 0. The number of nitrogens with one attached hydrogen (secondary N) is 2. The van der Waals surface area contributed by atoms with Crippen molar-refractivity contribution in [2.24, 2.45) is 0 Å². The fourth-order valence-corrected chi connectivity index (χ4v) is 3.52. The Morgan fingerprint density at radius 2 is 2.00 bits per heavy atom. The molecule has 2 N–H and O–H groups in total. The molecule has 0 spiro atoms.